The Bertz CT molecular complexity index is 1700. The third-order valence-corrected chi connectivity index (χ3v) is 8.57. The molecule has 0 saturated carbocycles. The molecule has 2 amide bonds. The van der Waals surface area contributed by atoms with Crippen LogP contribution in [0.4, 0.5) is 4.79 Å². The van der Waals surface area contributed by atoms with Gasteiger partial charge in [0.05, 0.1) is 23.3 Å². The molecule has 0 aliphatic carbocycles. The number of aromatic nitrogens is 3. The third-order valence-electron chi connectivity index (χ3n) is 8.57. The number of pyridine rings is 1. The van der Waals surface area contributed by atoms with Crippen LogP contribution >= 0.6 is 0 Å². The van der Waals surface area contributed by atoms with Gasteiger partial charge in [0, 0.05) is 25.8 Å². The average molecular weight is 584 g/mol. The Hall–Kier alpha value is -4.44. The second-order valence-electron chi connectivity index (χ2n) is 12.4. The van der Waals surface area contributed by atoms with Gasteiger partial charge in [0.15, 0.2) is 5.65 Å². The first-order valence-electron chi connectivity index (χ1n) is 14.8. The van der Waals surface area contributed by atoms with Gasteiger partial charge in [-0.05, 0) is 60.1 Å². The van der Waals surface area contributed by atoms with Gasteiger partial charge in [-0.25, -0.2) is 14.6 Å². The monoisotopic (exact) mass is 583 g/mol. The van der Waals surface area contributed by atoms with E-state index in [1.54, 1.807) is 21.3 Å². The van der Waals surface area contributed by atoms with Gasteiger partial charge in [-0.1, -0.05) is 63.2 Å². The SMILES string of the molecule is CC(C)(C)C1C(n2c(=O)n(-c3ccc(-c4ccccc4)cc3)c3ccc(C(=O)NC4CCOCC4)nc32)CCN1C(=O)O. The molecular formula is C33H37N5O5. The molecule has 2 fully saturated rings. The maximum atomic E-state index is 14.4. The van der Waals surface area contributed by atoms with Crippen molar-refractivity contribution in [2.75, 3.05) is 19.8 Å². The van der Waals surface area contributed by atoms with Crippen molar-refractivity contribution in [3.8, 4) is 16.8 Å². The summed E-state index contributed by atoms with van der Waals surface area (Å²) in [7, 11) is 0. The van der Waals surface area contributed by atoms with Gasteiger partial charge >= 0.3 is 11.8 Å². The zero-order valence-corrected chi connectivity index (χ0v) is 24.7. The largest absolute Gasteiger partial charge is 0.465 e. The van der Waals surface area contributed by atoms with Crippen molar-refractivity contribution in [2.24, 2.45) is 5.41 Å². The molecule has 224 valence electrons. The van der Waals surface area contributed by atoms with Crippen LogP contribution in [0, 0.1) is 5.41 Å². The maximum Gasteiger partial charge on any atom is 0.407 e. The van der Waals surface area contributed by atoms with Gasteiger partial charge in [-0.3, -0.25) is 13.9 Å². The van der Waals surface area contributed by atoms with E-state index in [1.165, 1.54) is 4.90 Å². The summed E-state index contributed by atoms with van der Waals surface area (Å²) in [5.41, 5.74) is 3.11. The molecule has 0 bridgehead atoms. The Morgan fingerprint density at radius 3 is 2.26 bits per heavy atom. The number of carbonyl (C=O) groups excluding carboxylic acids is 1. The van der Waals surface area contributed by atoms with E-state index < -0.39 is 23.6 Å². The second-order valence-corrected chi connectivity index (χ2v) is 12.4. The van der Waals surface area contributed by atoms with Crippen LogP contribution in [0.1, 0.15) is 56.6 Å². The van der Waals surface area contributed by atoms with Crippen LogP contribution in [0.3, 0.4) is 0 Å². The molecule has 10 heteroatoms. The highest BCUT2D eigenvalue weighted by atomic mass is 16.5. The highest BCUT2D eigenvalue weighted by Gasteiger charge is 2.46. The highest BCUT2D eigenvalue weighted by molar-refractivity contribution is 5.94. The molecule has 2 N–H and O–H groups in total. The standard InChI is InChI=1S/C33H37N5O5/c1-33(2,3)28-26(15-18-36(28)32(41)42)38-29-27(14-13-25(35-29)30(39)34-23-16-19-43-20-17-23)37(31(38)40)24-11-9-22(10-12-24)21-7-5-4-6-8-21/h4-14,23,26,28H,15-20H2,1-3H3,(H,34,39)(H,41,42). The second kappa shape index (κ2) is 11.3. The van der Waals surface area contributed by atoms with E-state index in [1.807, 2.05) is 75.4 Å². The number of nitrogens with zero attached hydrogens (tertiary/aromatic N) is 4. The Balaban J connectivity index is 1.48. The van der Waals surface area contributed by atoms with E-state index in [0.717, 1.165) is 24.0 Å². The quantitative estimate of drug-likeness (QED) is 0.337. The normalized spacial score (nSPS) is 19.6. The van der Waals surface area contributed by atoms with E-state index in [2.05, 4.69) is 5.32 Å². The molecule has 4 heterocycles. The minimum atomic E-state index is -1.01. The fourth-order valence-corrected chi connectivity index (χ4v) is 6.61. The number of rotatable bonds is 5. The molecule has 2 unspecified atom stereocenters. The van der Waals surface area contributed by atoms with Gasteiger partial charge in [0.25, 0.3) is 5.91 Å². The summed E-state index contributed by atoms with van der Waals surface area (Å²) in [4.78, 5) is 46.1. The van der Waals surface area contributed by atoms with Crippen LogP contribution in [-0.2, 0) is 4.74 Å². The summed E-state index contributed by atoms with van der Waals surface area (Å²) >= 11 is 0. The lowest BCUT2D eigenvalue weighted by atomic mass is 9.82. The van der Waals surface area contributed by atoms with Crippen molar-refractivity contribution in [2.45, 2.75) is 58.2 Å². The zero-order valence-electron chi connectivity index (χ0n) is 24.7. The van der Waals surface area contributed by atoms with Crippen molar-refractivity contribution in [1.29, 1.82) is 0 Å². The molecule has 2 atom stereocenters. The minimum absolute atomic E-state index is 0.00195. The highest BCUT2D eigenvalue weighted by Crippen LogP contribution is 2.40. The smallest absolute Gasteiger partial charge is 0.407 e. The Morgan fingerprint density at radius 2 is 1.60 bits per heavy atom. The first-order chi connectivity index (χ1) is 20.6. The van der Waals surface area contributed by atoms with Crippen molar-refractivity contribution >= 4 is 23.2 Å². The number of ether oxygens (including phenoxy) is 1. The summed E-state index contributed by atoms with van der Waals surface area (Å²) in [5.74, 6) is -0.307. The predicted octanol–water partition coefficient (Wildman–Crippen LogP) is 5.10. The van der Waals surface area contributed by atoms with Crippen molar-refractivity contribution in [1.82, 2.24) is 24.3 Å². The molecule has 2 saturated heterocycles. The molecule has 6 rings (SSSR count). The van der Waals surface area contributed by atoms with Crippen LogP contribution < -0.4 is 11.0 Å². The Labute approximate surface area is 249 Å². The van der Waals surface area contributed by atoms with Crippen LogP contribution in [0.25, 0.3) is 28.0 Å². The molecule has 43 heavy (non-hydrogen) atoms. The average Bonchev–Trinajstić information content (AvgIpc) is 3.57. The number of carboxylic acid groups (broad SMARTS) is 1. The fraction of sp³-hybridized carbons (Fsp3) is 0.394. The number of nitrogens with one attached hydrogen (secondary N) is 1. The van der Waals surface area contributed by atoms with E-state index in [0.29, 0.717) is 43.0 Å². The lowest BCUT2D eigenvalue weighted by Gasteiger charge is -2.37. The van der Waals surface area contributed by atoms with Gasteiger partial charge in [-0.15, -0.1) is 0 Å². The summed E-state index contributed by atoms with van der Waals surface area (Å²) < 4.78 is 8.64. The van der Waals surface area contributed by atoms with Gasteiger partial charge in [-0.2, -0.15) is 0 Å². The van der Waals surface area contributed by atoms with Crippen LogP contribution in [0.15, 0.2) is 71.5 Å². The predicted molar refractivity (Wildman–Crippen MR) is 164 cm³/mol. The number of amides is 2. The molecular weight excluding hydrogens is 546 g/mol. The van der Waals surface area contributed by atoms with E-state index in [4.69, 9.17) is 9.72 Å². The fourth-order valence-electron chi connectivity index (χ4n) is 6.61. The van der Waals surface area contributed by atoms with Gasteiger partial charge in [0.2, 0.25) is 0 Å². The number of imidazole rings is 1. The van der Waals surface area contributed by atoms with E-state index in [-0.39, 0.29) is 23.3 Å². The lowest BCUT2D eigenvalue weighted by molar-refractivity contribution is 0.0694. The number of carbonyl (C=O) groups is 2. The molecule has 2 aliphatic rings. The molecule has 0 spiro atoms. The van der Waals surface area contributed by atoms with Crippen molar-refractivity contribution in [3.63, 3.8) is 0 Å². The summed E-state index contributed by atoms with van der Waals surface area (Å²) in [5, 5.41) is 13.1. The molecule has 2 aromatic heterocycles. The van der Waals surface area contributed by atoms with E-state index in [9.17, 15) is 19.5 Å². The number of hydrogen-bond donors (Lipinski definition) is 2. The lowest BCUT2D eigenvalue weighted by Crippen LogP contribution is -2.47. The summed E-state index contributed by atoms with van der Waals surface area (Å²) in [6, 6.07) is 20.2. The molecule has 4 aromatic rings. The third kappa shape index (κ3) is 5.43. The summed E-state index contributed by atoms with van der Waals surface area (Å²) in [6.45, 7) is 7.45. The number of benzene rings is 2. The van der Waals surface area contributed by atoms with Crippen molar-refractivity contribution in [3.05, 3.63) is 82.9 Å². The maximum absolute atomic E-state index is 14.4. The Morgan fingerprint density at radius 1 is 0.930 bits per heavy atom. The van der Waals surface area contributed by atoms with Gasteiger partial charge in [0.1, 0.15) is 5.69 Å². The first kappa shape index (κ1) is 28.7. The zero-order chi connectivity index (χ0) is 30.3. The molecule has 2 aliphatic heterocycles. The van der Waals surface area contributed by atoms with E-state index >= 15 is 0 Å². The number of fused-ring (bicyclic) bond motifs is 1. The van der Waals surface area contributed by atoms with Crippen molar-refractivity contribution < 1.29 is 19.4 Å². The topological polar surface area (TPSA) is 119 Å². The van der Waals surface area contributed by atoms with Crippen LogP contribution in [0.5, 0.6) is 0 Å². The number of hydrogen-bond acceptors (Lipinski definition) is 5. The minimum Gasteiger partial charge on any atom is -0.465 e. The Kier molecular flexibility index (Phi) is 7.56. The molecule has 0 radical (unpaired) electrons. The molecule has 2 aromatic carbocycles. The first-order valence-corrected chi connectivity index (χ1v) is 14.8. The van der Waals surface area contributed by atoms with Crippen LogP contribution in [0.2, 0.25) is 0 Å². The summed E-state index contributed by atoms with van der Waals surface area (Å²) in [6.07, 6.45) is 0.906. The number of likely N-dealkylation sites (tertiary alicyclic amines) is 1. The van der Waals surface area contributed by atoms with Gasteiger partial charge < -0.3 is 20.1 Å². The molecule has 10 nitrogen and oxygen atoms in total. The van der Waals surface area contributed by atoms with Crippen LogP contribution in [-0.4, -0.2) is 68.0 Å².